The Bertz CT molecular complexity index is 125. The van der Waals surface area contributed by atoms with Crippen molar-refractivity contribution in [2.24, 2.45) is 0 Å². The van der Waals surface area contributed by atoms with E-state index in [0.717, 1.165) is 12.6 Å². The quantitative estimate of drug-likeness (QED) is 0.303. The van der Waals surface area contributed by atoms with Crippen molar-refractivity contribution in [1.82, 2.24) is 0 Å². The van der Waals surface area contributed by atoms with Crippen molar-refractivity contribution >= 4 is 34.0 Å². The lowest BCUT2D eigenvalue weighted by molar-refractivity contribution is -0.114. The van der Waals surface area contributed by atoms with Crippen LogP contribution in [0.5, 0.6) is 0 Å². The lowest BCUT2D eigenvalue weighted by Gasteiger charge is -1.95. The van der Waals surface area contributed by atoms with Crippen molar-refractivity contribution in [1.29, 1.82) is 0 Å². The fourth-order valence-corrected chi connectivity index (χ4v) is 2.30. The molecule has 1 unspecified atom stereocenters. The summed E-state index contributed by atoms with van der Waals surface area (Å²) in [4.78, 5) is 10.7. The van der Waals surface area contributed by atoms with E-state index in [9.17, 15) is 4.79 Å². The Morgan fingerprint density at radius 2 is 2.18 bits per heavy atom. The first-order valence-electron chi connectivity index (χ1n) is 3.80. The molecule has 0 aromatic rings. The van der Waals surface area contributed by atoms with E-state index < -0.39 is 0 Å². The third-order valence-corrected chi connectivity index (χ3v) is 3.58. The molecular weight excluding hydrogens is 270 g/mol. The van der Waals surface area contributed by atoms with Crippen LogP contribution in [-0.2, 0) is 4.79 Å². The molecule has 0 amide bonds. The number of unbranched alkanes of at least 4 members (excludes halogenated alkanes) is 2. The summed E-state index contributed by atoms with van der Waals surface area (Å²) in [6.45, 7) is 3.43. The van der Waals surface area contributed by atoms with Crippen molar-refractivity contribution in [3.63, 3.8) is 0 Å². The molecule has 0 aliphatic rings. The molecule has 0 bridgehead atoms. The SMILES string of the molecule is C=CC(=O)CCCCCPI. The van der Waals surface area contributed by atoms with Gasteiger partial charge in [-0.3, -0.25) is 4.79 Å². The van der Waals surface area contributed by atoms with Gasteiger partial charge in [0.2, 0.25) is 0 Å². The second kappa shape index (κ2) is 8.66. The zero-order valence-corrected chi connectivity index (χ0v) is 9.76. The fourth-order valence-electron chi connectivity index (χ4n) is 0.770. The molecule has 0 heterocycles. The van der Waals surface area contributed by atoms with Crippen molar-refractivity contribution in [2.45, 2.75) is 25.7 Å². The normalized spacial score (nSPS) is 10.6. The van der Waals surface area contributed by atoms with E-state index >= 15 is 0 Å². The van der Waals surface area contributed by atoms with Gasteiger partial charge in [0.25, 0.3) is 0 Å². The Morgan fingerprint density at radius 3 is 2.73 bits per heavy atom. The average Bonchev–Trinajstić information content (AvgIpc) is 2.04. The zero-order chi connectivity index (χ0) is 8.53. The standard InChI is InChI=1S/C8H14IOP/c1-2-8(10)6-4-3-5-7-11-9/h2,11H,1,3-7H2. The lowest BCUT2D eigenvalue weighted by atomic mass is 10.1. The Kier molecular flexibility index (Phi) is 9.11. The molecule has 1 nitrogen and oxygen atoms in total. The number of hydrogen-bond donors (Lipinski definition) is 0. The van der Waals surface area contributed by atoms with E-state index in [1.54, 1.807) is 0 Å². The minimum Gasteiger partial charge on any atom is -0.295 e. The zero-order valence-electron chi connectivity index (χ0n) is 6.61. The molecule has 0 saturated heterocycles. The van der Waals surface area contributed by atoms with Gasteiger partial charge in [0.05, 0.1) is 0 Å². The maximum Gasteiger partial charge on any atom is 0.155 e. The third kappa shape index (κ3) is 8.48. The van der Waals surface area contributed by atoms with Gasteiger partial charge in [-0.15, -0.1) is 0 Å². The Labute approximate surface area is 83.3 Å². The van der Waals surface area contributed by atoms with Crippen LogP contribution >= 0.6 is 28.3 Å². The number of allylic oxidation sites excluding steroid dienone is 1. The highest BCUT2D eigenvalue weighted by molar-refractivity contribution is 14.2. The number of carbonyl (C=O) groups excluding carboxylic acids is 1. The highest BCUT2D eigenvalue weighted by Gasteiger charge is 1.94. The molecule has 11 heavy (non-hydrogen) atoms. The molecule has 64 valence electrons. The highest BCUT2D eigenvalue weighted by atomic mass is 127. The smallest absolute Gasteiger partial charge is 0.155 e. The summed E-state index contributed by atoms with van der Waals surface area (Å²) in [5, 5.41) is 0. The van der Waals surface area contributed by atoms with Crippen LogP contribution in [0.4, 0.5) is 0 Å². The first-order chi connectivity index (χ1) is 5.31. The van der Waals surface area contributed by atoms with E-state index in [0.29, 0.717) is 6.42 Å². The van der Waals surface area contributed by atoms with Gasteiger partial charge < -0.3 is 0 Å². The molecule has 0 aliphatic heterocycles. The van der Waals surface area contributed by atoms with Gasteiger partial charge in [0, 0.05) is 6.42 Å². The van der Waals surface area contributed by atoms with Crippen LogP contribution in [0.15, 0.2) is 12.7 Å². The Balaban J connectivity index is 3.01. The van der Waals surface area contributed by atoms with Crippen LogP contribution in [0.1, 0.15) is 25.7 Å². The Hall–Kier alpha value is 0.570. The van der Waals surface area contributed by atoms with Crippen molar-refractivity contribution in [3.05, 3.63) is 12.7 Å². The fraction of sp³-hybridized carbons (Fsp3) is 0.625. The van der Waals surface area contributed by atoms with E-state index in [4.69, 9.17) is 0 Å². The second-order valence-electron chi connectivity index (χ2n) is 2.36. The van der Waals surface area contributed by atoms with Crippen LogP contribution < -0.4 is 0 Å². The monoisotopic (exact) mass is 284 g/mol. The van der Waals surface area contributed by atoms with Crippen molar-refractivity contribution in [2.75, 3.05) is 6.16 Å². The van der Waals surface area contributed by atoms with Gasteiger partial charge in [-0.2, -0.15) is 0 Å². The third-order valence-electron chi connectivity index (χ3n) is 1.42. The predicted molar refractivity (Wildman–Crippen MR) is 60.9 cm³/mol. The summed E-state index contributed by atoms with van der Waals surface area (Å²) >= 11 is 2.40. The molecule has 0 aromatic heterocycles. The minimum atomic E-state index is 0.182. The molecule has 0 spiro atoms. The average molecular weight is 284 g/mol. The molecule has 1 atom stereocenters. The summed E-state index contributed by atoms with van der Waals surface area (Å²) in [5.41, 5.74) is 0. The number of rotatable bonds is 7. The molecule has 0 radical (unpaired) electrons. The molecule has 3 heteroatoms. The molecular formula is C8H14IOP. The second-order valence-corrected chi connectivity index (χ2v) is 5.42. The van der Waals surface area contributed by atoms with Crippen LogP contribution in [0.3, 0.4) is 0 Å². The molecule has 0 fully saturated rings. The number of hydrogen-bond acceptors (Lipinski definition) is 1. The molecule has 0 saturated carbocycles. The van der Waals surface area contributed by atoms with Crippen molar-refractivity contribution < 1.29 is 4.79 Å². The van der Waals surface area contributed by atoms with Gasteiger partial charge in [0.15, 0.2) is 5.78 Å². The maximum absolute atomic E-state index is 10.7. The molecule has 0 aliphatic carbocycles. The molecule has 0 rings (SSSR count). The molecule has 0 N–H and O–H groups in total. The van der Waals surface area contributed by atoms with Crippen LogP contribution in [-0.4, -0.2) is 11.9 Å². The van der Waals surface area contributed by atoms with Gasteiger partial charge >= 0.3 is 0 Å². The van der Waals surface area contributed by atoms with E-state index in [2.05, 4.69) is 28.6 Å². The van der Waals surface area contributed by atoms with Crippen molar-refractivity contribution in [3.8, 4) is 0 Å². The van der Waals surface area contributed by atoms with Crippen LogP contribution in [0, 0.1) is 0 Å². The van der Waals surface area contributed by atoms with Crippen LogP contribution in [0.25, 0.3) is 0 Å². The Morgan fingerprint density at radius 1 is 1.45 bits per heavy atom. The van der Waals surface area contributed by atoms with Crippen LogP contribution in [0.2, 0.25) is 0 Å². The maximum atomic E-state index is 10.7. The first kappa shape index (κ1) is 11.6. The largest absolute Gasteiger partial charge is 0.295 e. The highest BCUT2D eigenvalue weighted by Crippen LogP contribution is 2.22. The minimum absolute atomic E-state index is 0.182. The predicted octanol–water partition coefficient (Wildman–Crippen LogP) is 3.33. The van der Waals surface area contributed by atoms with Gasteiger partial charge in [0.1, 0.15) is 0 Å². The topological polar surface area (TPSA) is 17.1 Å². The summed E-state index contributed by atoms with van der Waals surface area (Å²) in [7, 11) is 0. The van der Waals surface area contributed by atoms with E-state index in [1.165, 1.54) is 25.1 Å². The van der Waals surface area contributed by atoms with E-state index in [1.807, 2.05) is 0 Å². The lowest BCUT2D eigenvalue weighted by Crippen LogP contribution is -1.91. The number of ketones is 1. The summed E-state index contributed by atoms with van der Waals surface area (Å²) in [6.07, 6.45) is 7.94. The summed E-state index contributed by atoms with van der Waals surface area (Å²) in [5.74, 6) is 0.182. The summed E-state index contributed by atoms with van der Waals surface area (Å²) < 4.78 is 0. The van der Waals surface area contributed by atoms with Gasteiger partial charge in [-0.25, -0.2) is 0 Å². The van der Waals surface area contributed by atoms with Gasteiger partial charge in [-0.05, 0) is 25.1 Å². The number of carbonyl (C=O) groups is 1. The van der Waals surface area contributed by atoms with Gasteiger partial charge in [-0.1, -0.05) is 41.3 Å². The number of halogens is 1. The molecule has 0 aromatic carbocycles. The summed E-state index contributed by atoms with van der Waals surface area (Å²) in [6, 6.07) is 0. The first-order valence-corrected chi connectivity index (χ1v) is 8.12. The van der Waals surface area contributed by atoms with E-state index in [-0.39, 0.29) is 5.78 Å².